The molecule has 0 aromatic carbocycles. The van der Waals surface area contributed by atoms with Crippen LogP contribution in [0.4, 0.5) is 0 Å². The molecule has 9 heteroatoms. The molecule has 0 bridgehead atoms. The predicted molar refractivity (Wildman–Crippen MR) is 89.3 cm³/mol. The van der Waals surface area contributed by atoms with E-state index in [0.717, 1.165) is 6.42 Å². The van der Waals surface area contributed by atoms with Crippen molar-refractivity contribution in [1.82, 2.24) is 14.7 Å². The van der Waals surface area contributed by atoms with Crippen LogP contribution in [0.2, 0.25) is 0 Å². The Morgan fingerprint density at radius 1 is 1.08 bits per heavy atom. The number of hydrogen-bond acceptors (Lipinski definition) is 6. The van der Waals surface area contributed by atoms with Crippen LogP contribution >= 0.6 is 0 Å². The van der Waals surface area contributed by atoms with E-state index < -0.39 is 21.9 Å². The number of hydrogen-bond donors (Lipinski definition) is 0. The highest BCUT2D eigenvalue weighted by Crippen LogP contribution is 2.27. The van der Waals surface area contributed by atoms with Crippen molar-refractivity contribution in [3.8, 4) is 0 Å². The number of carbonyl (C=O) groups excluding carboxylic acids is 2. The summed E-state index contributed by atoms with van der Waals surface area (Å²) in [4.78, 5) is 29.8. The van der Waals surface area contributed by atoms with Gasteiger partial charge in [-0.2, -0.15) is 0 Å². The molecule has 2 heterocycles. The number of carbonyl (C=O) groups is 2. The fourth-order valence-corrected chi connectivity index (χ4v) is 5.30. The largest absolute Gasteiger partial charge is 0.372 e. The summed E-state index contributed by atoms with van der Waals surface area (Å²) in [6.45, 7) is 3.37. The quantitative estimate of drug-likeness (QED) is 0.553. The fraction of sp³-hybridized carbons (Fsp3) is 0.867. The van der Waals surface area contributed by atoms with Crippen LogP contribution in [-0.4, -0.2) is 105 Å². The van der Waals surface area contributed by atoms with Gasteiger partial charge in [-0.3, -0.25) is 9.59 Å². The van der Waals surface area contributed by atoms with Gasteiger partial charge in [-0.15, -0.1) is 0 Å². The molecule has 0 aliphatic carbocycles. The second-order valence-corrected chi connectivity index (χ2v) is 8.83. The number of sulfone groups is 1. The summed E-state index contributed by atoms with van der Waals surface area (Å²) in [5.41, 5.74) is 0. The van der Waals surface area contributed by atoms with Crippen molar-refractivity contribution < 1.29 is 22.7 Å². The standard InChI is InChI=1S/C15H27N3O5S/c1-4-7-23-9-15(20)18-6-5-17(14(19)8-16(2)3)12-10-24(21,22)11-13(12)18/h12-13H,4-11H2,1-3H3/t12-,13+/m0/s1. The zero-order chi connectivity index (χ0) is 17.9. The third-order valence-electron chi connectivity index (χ3n) is 4.34. The van der Waals surface area contributed by atoms with E-state index in [9.17, 15) is 18.0 Å². The Morgan fingerprint density at radius 2 is 1.62 bits per heavy atom. The van der Waals surface area contributed by atoms with Crippen molar-refractivity contribution in [2.75, 3.05) is 58.4 Å². The highest BCUT2D eigenvalue weighted by atomic mass is 32.2. The van der Waals surface area contributed by atoms with Gasteiger partial charge in [0.1, 0.15) is 6.61 Å². The van der Waals surface area contributed by atoms with Gasteiger partial charge in [-0.05, 0) is 20.5 Å². The number of nitrogens with zero attached hydrogens (tertiary/aromatic N) is 3. The third-order valence-corrected chi connectivity index (χ3v) is 6.04. The molecule has 0 spiro atoms. The highest BCUT2D eigenvalue weighted by Gasteiger charge is 2.49. The molecule has 2 rings (SSSR count). The molecule has 2 saturated heterocycles. The van der Waals surface area contributed by atoms with Crippen LogP contribution < -0.4 is 0 Å². The Kier molecular flexibility index (Phi) is 6.22. The summed E-state index contributed by atoms with van der Waals surface area (Å²) in [5.74, 6) is -0.448. The van der Waals surface area contributed by atoms with Gasteiger partial charge in [0.05, 0.1) is 30.1 Å². The Balaban J connectivity index is 2.12. The van der Waals surface area contributed by atoms with Gasteiger partial charge in [0.25, 0.3) is 0 Å². The number of likely N-dealkylation sites (N-methyl/N-ethyl adjacent to an activating group) is 1. The van der Waals surface area contributed by atoms with Crippen LogP contribution in [0.5, 0.6) is 0 Å². The van der Waals surface area contributed by atoms with Crippen LogP contribution in [0, 0.1) is 0 Å². The van der Waals surface area contributed by atoms with E-state index in [1.165, 1.54) is 0 Å². The molecular weight excluding hydrogens is 334 g/mol. The van der Waals surface area contributed by atoms with Crippen molar-refractivity contribution in [3.63, 3.8) is 0 Å². The maximum Gasteiger partial charge on any atom is 0.248 e. The van der Waals surface area contributed by atoms with Crippen LogP contribution in [0.15, 0.2) is 0 Å². The fourth-order valence-electron chi connectivity index (χ4n) is 3.32. The van der Waals surface area contributed by atoms with E-state index in [1.54, 1.807) is 28.8 Å². The molecule has 2 amide bonds. The minimum absolute atomic E-state index is 0.0389. The lowest BCUT2D eigenvalue weighted by molar-refractivity contribution is -0.148. The lowest BCUT2D eigenvalue weighted by Gasteiger charge is -2.44. The molecule has 0 radical (unpaired) electrons. The predicted octanol–water partition coefficient (Wildman–Crippen LogP) is -1.19. The minimum Gasteiger partial charge on any atom is -0.372 e. The first kappa shape index (κ1) is 19.1. The van der Waals surface area contributed by atoms with Crippen molar-refractivity contribution in [3.05, 3.63) is 0 Å². The molecule has 138 valence electrons. The first-order valence-electron chi connectivity index (χ1n) is 8.27. The zero-order valence-corrected chi connectivity index (χ0v) is 15.4. The molecule has 8 nitrogen and oxygen atoms in total. The minimum atomic E-state index is -3.26. The molecule has 0 unspecified atom stereocenters. The van der Waals surface area contributed by atoms with Gasteiger partial charge in [0, 0.05) is 19.7 Å². The molecule has 0 saturated carbocycles. The zero-order valence-electron chi connectivity index (χ0n) is 14.6. The molecule has 2 fully saturated rings. The maximum absolute atomic E-state index is 12.4. The Morgan fingerprint density at radius 3 is 2.12 bits per heavy atom. The lowest BCUT2D eigenvalue weighted by Crippen LogP contribution is -2.63. The Labute approximate surface area is 143 Å². The molecule has 2 aliphatic heterocycles. The summed E-state index contributed by atoms with van der Waals surface area (Å²) in [5, 5.41) is 0. The van der Waals surface area contributed by atoms with E-state index in [2.05, 4.69) is 0 Å². The summed E-state index contributed by atoms with van der Waals surface area (Å²) < 4.78 is 29.5. The monoisotopic (exact) mass is 361 g/mol. The summed E-state index contributed by atoms with van der Waals surface area (Å²) >= 11 is 0. The van der Waals surface area contributed by atoms with E-state index in [1.807, 2.05) is 6.92 Å². The van der Waals surface area contributed by atoms with Gasteiger partial charge in [-0.1, -0.05) is 6.92 Å². The molecule has 0 aromatic heterocycles. The van der Waals surface area contributed by atoms with Gasteiger partial charge in [0.15, 0.2) is 9.84 Å². The molecule has 0 aromatic rings. The molecule has 2 atom stereocenters. The Bertz CT molecular complexity index is 578. The second-order valence-electron chi connectivity index (χ2n) is 6.68. The maximum atomic E-state index is 12.4. The van der Waals surface area contributed by atoms with Crippen molar-refractivity contribution in [2.45, 2.75) is 25.4 Å². The number of ether oxygens (including phenoxy) is 1. The van der Waals surface area contributed by atoms with E-state index in [0.29, 0.717) is 19.7 Å². The number of rotatable bonds is 6. The summed E-state index contributed by atoms with van der Waals surface area (Å²) in [6.07, 6.45) is 0.820. The van der Waals surface area contributed by atoms with Crippen LogP contribution in [0.3, 0.4) is 0 Å². The lowest BCUT2D eigenvalue weighted by atomic mass is 10.0. The van der Waals surface area contributed by atoms with Gasteiger partial charge in [-0.25, -0.2) is 8.42 Å². The molecule has 2 aliphatic rings. The topological polar surface area (TPSA) is 87.2 Å². The van der Waals surface area contributed by atoms with Gasteiger partial charge in [0.2, 0.25) is 11.8 Å². The normalized spacial score (nSPS) is 25.8. The van der Waals surface area contributed by atoms with Crippen molar-refractivity contribution >= 4 is 21.7 Å². The summed E-state index contributed by atoms with van der Waals surface area (Å²) in [7, 11) is 0.337. The summed E-state index contributed by atoms with van der Waals surface area (Å²) in [6, 6.07) is -0.918. The van der Waals surface area contributed by atoms with Crippen LogP contribution in [0.25, 0.3) is 0 Å². The van der Waals surface area contributed by atoms with Crippen molar-refractivity contribution in [2.24, 2.45) is 0 Å². The molecule has 24 heavy (non-hydrogen) atoms. The number of amides is 2. The van der Waals surface area contributed by atoms with E-state index in [4.69, 9.17) is 4.74 Å². The third kappa shape index (κ3) is 4.46. The van der Waals surface area contributed by atoms with Crippen LogP contribution in [0.1, 0.15) is 13.3 Å². The smallest absolute Gasteiger partial charge is 0.248 e. The van der Waals surface area contributed by atoms with E-state index >= 15 is 0 Å². The van der Waals surface area contributed by atoms with Gasteiger partial charge < -0.3 is 19.4 Å². The van der Waals surface area contributed by atoms with Gasteiger partial charge >= 0.3 is 0 Å². The first-order chi connectivity index (χ1) is 11.2. The number of piperazine rings is 1. The average Bonchev–Trinajstić information content (AvgIpc) is 2.80. The van der Waals surface area contributed by atoms with Crippen LogP contribution in [-0.2, 0) is 24.2 Å². The second kappa shape index (κ2) is 7.79. The molecule has 0 N–H and O–H groups in total. The molecular formula is C15H27N3O5S. The first-order valence-corrected chi connectivity index (χ1v) is 10.1. The highest BCUT2D eigenvalue weighted by molar-refractivity contribution is 7.91. The average molecular weight is 361 g/mol. The SMILES string of the molecule is CCCOCC(=O)N1CCN(C(=O)CN(C)C)[C@H]2CS(=O)(=O)C[C@H]21. The Hall–Kier alpha value is -1.19. The number of fused-ring (bicyclic) bond motifs is 1. The van der Waals surface area contributed by atoms with E-state index in [-0.39, 0.29) is 36.5 Å². The van der Waals surface area contributed by atoms with Crippen molar-refractivity contribution in [1.29, 1.82) is 0 Å².